The van der Waals surface area contributed by atoms with Crippen LogP contribution in [0.3, 0.4) is 0 Å². The van der Waals surface area contributed by atoms with E-state index < -0.39 is 0 Å². The third kappa shape index (κ3) is 4.55. The summed E-state index contributed by atoms with van der Waals surface area (Å²) >= 11 is 0. The smallest absolute Gasteiger partial charge is 0.272 e. The molecule has 0 spiro atoms. The van der Waals surface area contributed by atoms with Gasteiger partial charge in [0.25, 0.3) is 5.91 Å². The zero-order valence-electron chi connectivity index (χ0n) is 15.5. The van der Waals surface area contributed by atoms with Gasteiger partial charge < -0.3 is 15.4 Å². The molecule has 1 atom stereocenters. The van der Waals surface area contributed by atoms with E-state index in [1.54, 1.807) is 0 Å². The number of carbonyl (C=O) groups is 1. The Labute approximate surface area is 159 Å². The molecule has 1 aromatic heterocycles. The fourth-order valence-corrected chi connectivity index (χ4v) is 3.82. The average molecular weight is 369 g/mol. The lowest BCUT2D eigenvalue weighted by Gasteiger charge is -2.31. The molecule has 4 rings (SSSR count). The zero-order chi connectivity index (χ0) is 18.5. The van der Waals surface area contributed by atoms with Crippen LogP contribution in [0.5, 0.6) is 0 Å². The molecule has 1 unspecified atom stereocenters. The van der Waals surface area contributed by atoms with Crippen LogP contribution in [-0.4, -0.2) is 66.4 Å². The van der Waals surface area contributed by atoms with Gasteiger partial charge in [-0.2, -0.15) is 5.10 Å². The second-order valence-corrected chi connectivity index (χ2v) is 7.23. The van der Waals surface area contributed by atoms with Crippen LogP contribution < -0.4 is 10.6 Å². The third-order valence-electron chi connectivity index (χ3n) is 5.26. The molecule has 144 valence electrons. The molecule has 0 bridgehead atoms. The van der Waals surface area contributed by atoms with Crippen LogP contribution in [-0.2, 0) is 24.1 Å². The number of aromatic nitrogens is 2. The van der Waals surface area contributed by atoms with E-state index >= 15 is 0 Å². The highest BCUT2D eigenvalue weighted by Gasteiger charge is 2.25. The van der Waals surface area contributed by atoms with E-state index in [2.05, 4.69) is 37.9 Å². The van der Waals surface area contributed by atoms with Crippen LogP contribution in [0.15, 0.2) is 30.3 Å². The number of rotatable bonds is 6. The quantitative estimate of drug-likeness (QED) is 0.699. The minimum Gasteiger partial charge on any atom is -0.379 e. The van der Waals surface area contributed by atoms with Crippen molar-refractivity contribution in [2.75, 3.05) is 39.4 Å². The first-order valence-electron chi connectivity index (χ1n) is 9.71. The summed E-state index contributed by atoms with van der Waals surface area (Å²) in [4.78, 5) is 15.3. The van der Waals surface area contributed by atoms with Gasteiger partial charge in [-0.15, -0.1) is 0 Å². The topological polar surface area (TPSA) is 82.3 Å². The van der Waals surface area contributed by atoms with E-state index in [4.69, 9.17) is 4.74 Å². The van der Waals surface area contributed by atoms with Crippen LogP contribution in [0.25, 0.3) is 0 Å². The average Bonchev–Trinajstić information content (AvgIpc) is 3.14. The second kappa shape index (κ2) is 8.65. The summed E-state index contributed by atoms with van der Waals surface area (Å²) in [6.07, 6.45) is 1.69. The summed E-state index contributed by atoms with van der Waals surface area (Å²) in [5, 5.41) is 13.9. The molecule has 2 aliphatic heterocycles. The Morgan fingerprint density at radius 1 is 1.26 bits per heavy atom. The van der Waals surface area contributed by atoms with Crippen molar-refractivity contribution in [1.29, 1.82) is 0 Å². The van der Waals surface area contributed by atoms with E-state index in [0.717, 1.165) is 63.5 Å². The van der Waals surface area contributed by atoms with Crippen molar-refractivity contribution < 1.29 is 9.53 Å². The number of morpholine rings is 1. The predicted octanol–water partition coefficient (Wildman–Crippen LogP) is 0.729. The van der Waals surface area contributed by atoms with Crippen molar-refractivity contribution in [3.8, 4) is 0 Å². The number of nitrogens with zero attached hydrogens (tertiary/aromatic N) is 2. The largest absolute Gasteiger partial charge is 0.379 e. The maximum Gasteiger partial charge on any atom is 0.272 e. The van der Waals surface area contributed by atoms with Gasteiger partial charge in [0, 0.05) is 56.4 Å². The molecule has 1 fully saturated rings. The van der Waals surface area contributed by atoms with Crippen molar-refractivity contribution in [3.63, 3.8) is 0 Å². The number of fused-ring (bicyclic) bond motifs is 1. The Hall–Kier alpha value is -2.22. The molecule has 1 amide bonds. The maximum atomic E-state index is 13.0. The van der Waals surface area contributed by atoms with Crippen LogP contribution in [0.2, 0.25) is 0 Å². The van der Waals surface area contributed by atoms with E-state index in [1.807, 2.05) is 18.2 Å². The Morgan fingerprint density at radius 3 is 2.89 bits per heavy atom. The van der Waals surface area contributed by atoms with Gasteiger partial charge in [-0.05, 0) is 12.0 Å². The van der Waals surface area contributed by atoms with Gasteiger partial charge in [-0.25, -0.2) is 0 Å². The number of nitrogens with one attached hydrogen (secondary N) is 3. The molecule has 7 heteroatoms. The predicted molar refractivity (Wildman–Crippen MR) is 103 cm³/mol. The second-order valence-electron chi connectivity index (χ2n) is 7.23. The van der Waals surface area contributed by atoms with Gasteiger partial charge in [-0.3, -0.25) is 14.8 Å². The highest BCUT2D eigenvalue weighted by molar-refractivity contribution is 5.94. The third-order valence-corrected chi connectivity index (χ3v) is 5.26. The molecule has 1 saturated heterocycles. The van der Waals surface area contributed by atoms with Crippen LogP contribution in [0.4, 0.5) is 0 Å². The standard InChI is InChI=1S/C20H27N5O2/c26-20(19-17-13-21-7-6-18(17)23-24-19)22-16(12-15-4-2-1-3-5-15)14-25-8-10-27-11-9-25/h1-5,16,21H,6-14H2,(H,22,26)(H,23,24). The SMILES string of the molecule is O=C(NC(Cc1ccccc1)CN1CCOCC1)c1n[nH]c2c1CNCC2. The first kappa shape index (κ1) is 18.2. The lowest BCUT2D eigenvalue weighted by atomic mass is 10.0. The maximum absolute atomic E-state index is 13.0. The summed E-state index contributed by atoms with van der Waals surface area (Å²) in [6.45, 7) is 5.75. The Balaban J connectivity index is 1.47. The summed E-state index contributed by atoms with van der Waals surface area (Å²) < 4.78 is 5.45. The van der Waals surface area contributed by atoms with Gasteiger partial charge >= 0.3 is 0 Å². The number of carbonyl (C=O) groups excluding carboxylic acids is 1. The Morgan fingerprint density at radius 2 is 2.07 bits per heavy atom. The lowest BCUT2D eigenvalue weighted by Crippen LogP contribution is -2.48. The highest BCUT2D eigenvalue weighted by Crippen LogP contribution is 2.16. The number of hydrogen-bond acceptors (Lipinski definition) is 5. The van der Waals surface area contributed by atoms with E-state index in [9.17, 15) is 4.79 Å². The number of amides is 1. The molecule has 3 N–H and O–H groups in total. The van der Waals surface area contributed by atoms with Crippen LogP contribution >= 0.6 is 0 Å². The molecule has 3 heterocycles. The molecule has 0 aliphatic carbocycles. The minimum atomic E-state index is -0.0922. The lowest BCUT2D eigenvalue weighted by molar-refractivity contribution is 0.0333. The summed E-state index contributed by atoms with van der Waals surface area (Å²) in [7, 11) is 0. The number of hydrogen-bond donors (Lipinski definition) is 3. The van der Waals surface area contributed by atoms with E-state index in [-0.39, 0.29) is 11.9 Å². The molecule has 2 aromatic rings. The molecular formula is C20H27N5O2. The summed E-state index contributed by atoms with van der Waals surface area (Å²) in [6, 6.07) is 10.3. The number of H-pyrrole nitrogens is 1. The molecule has 1 aromatic carbocycles. The molecule has 2 aliphatic rings. The monoisotopic (exact) mass is 369 g/mol. The minimum absolute atomic E-state index is 0.0295. The molecule has 7 nitrogen and oxygen atoms in total. The van der Waals surface area contributed by atoms with Crippen molar-refractivity contribution in [2.24, 2.45) is 0 Å². The van der Waals surface area contributed by atoms with Gasteiger partial charge in [0.05, 0.1) is 13.2 Å². The Kier molecular flexibility index (Phi) is 5.81. The van der Waals surface area contributed by atoms with Crippen molar-refractivity contribution in [2.45, 2.75) is 25.4 Å². The summed E-state index contributed by atoms with van der Waals surface area (Å²) in [5.74, 6) is -0.0922. The first-order valence-corrected chi connectivity index (χ1v) is 9.71. The van der Waals surface area contributed by atoms with Gasteiger partial charge in [0.2, 0.25) is 0 Å². The van der Waals surface area contributed by atoms with E-state index in [0.29, 0.717) is 12.2 Å². The fraction of sp³-hybridized carbons (Fsp3) is 0.500. The van der Waals surface area contributed by atoms with Crippen LogP contribution in [0.1, 0.15) is 27.3 Å². The van der Waals surface area contributed by atoms with Crippen molar-refractivity contribution in [3.05, 3.63) is 52.8 Å². The number of ether oxygens (including phenoxy) is 1. The van der Waals surface area contributed by atoms with Gasteiger partial charge in [-0.1, -0.05) is 30.3 Å². The highest BCUT2D eigenvalue weighted by atomic mass is 16.5. The van der Waals surface area contributed by atoms with E-state index in [1.165, 1.54) is 5.56 Å². The molecule has 0 radical (unpaired) electrons. The zero-order valence-corrected chi connectivity index (χ0v) is 15.5. The van der Waals surface area contributed by atoms with Crippen molar-refractivity contribution >= 4 is 5.91 Å². The number of benzene rings is 1. The molecular weight excluding hydrogens is 342 g/mol. The number of aromatic amines is 1. The van der Waals surface area contributed by atoms with Gasteiger partial charge in [0.15, 0.2) is 5.69 Å². The summed E-state index contributed by atoms with van der Waals surface area (Å²) in [5.41, 5.74) is 3.83. The van der Waals surface area contributed by atoms with Crippen LogP contribution in [0, 0.1) is 0 Å². The van der Waals surface area contributed by atoms with Gasteiger partial charge in [0.1, 0.15) is 0 Å². The molecule has 0 saturated carbocycles. The Bertz CT molecular complexity index is 755. The fourth-order valence-electron chi connectivity index (χ4n) is 3.82. The molecule has 27 heavy (non-hydrogen) atoms. The van der Waals surface area contributed by atoms with Crippen molar-refractivity contribution in [1.82, 2.24) is 25.7 Å². The first-order chi connectivity index (χ1) is 13.3. The normalized spacial score (nSPS) is 18.7.